The highest BCUT2D eigenvalue weighted by Crippen LogP contribution is 2.48. The van der Waals surface area contributed by atoms with Crippen molar-refractivity contribution in [2.75, 3.05) is 25.1 Å². The number of benzene rings is 2. The van der Waals surface area contributed by atoms with Gasteiger partial charge in [0.25, 0.3) is 0 Å². The lowest BCUT2D eigenvalue weighted by molar-refractivity contribution is 0.297. The van der Waals surface area contributed by atoms with E-state index in [-0.39, 0.29) is 5.41 Å². The average molecular weight is 337 g/mol. The van der Waals surface area contributed by atoms with Gasteiger partial charge in [-0.3, -0.25) is 4.99 Å². The zero-order valence-corrected chi connectivity index (χ0v) is 14.2. The topological polar surface area (TPSA) is 68.9 Å². The van der Waals surface area contributed by atoms with E-state index in [1.54, 1.807) is 0 Å². The Morgan fingerprint density at radius 2 is 1.80 bits per heavy atom. The smallest absolute Gasteiger partial charge is 0.193 e. The molecular formula is C20H23N3O2. The lowest BCUT2D eigenvalue weighted by Gasteiger charge is -2.14. The molecule has 25 heavy (non-hydrogen) atoms. The molecule has 0 bridgehead atoms. The third-order valence-electron chi connectivity index (χ3n) is 4.81. The van der Waals surface area contributed by atoms with E-state index in [0.717, 1.165) is 36.4 Å². The number of ether oxygens (including phenoxy) is 2. The van der Waals surface area contributed by atoms with Crippen LogP contribution in [0.25, 0.3) is 0 Å². The maximum absolute atomic E-state index is 6.09. The van der Waals surface area contributed by atoms with Crippen molar-refractivity contribution >= 4 is 11.6 Å². The minimum Gasteiger partial charge on any atom is -0.490 e. The van der Waals surface area contributed by atoms with Crippen molar-refractivity contribution in [1.82, 2.24) is 0 Å². The molecule has 0 aromatic heterocycles. The van der Waals surface area contributed by atoms with Gasteiger partial charge in [-0.15, -0.1) is 0 Å². The first-order valence-electron chi connectivity index (χ1n) is 8.77. The van der Waals surface area contributed by atoms with E-state index in [0.29, 0.717) is 25.7 Å². The van der Waals surface area contributed by atoms with E-state index < -0.39 is 0 Å². The quantitative estimate of drug-likeness (QED) is 0.663. The fourth-order valence-corrected chi connectivity index (χ4v) is 3.15. The van der Waals surface area contributed by atoms with Gasteiger partial charge in [0.1, 0.15) is 0 Å². The standard InChI is InChI=1S/C20H23N3O2/c21-19(22-14-20(9-10-20)15-5-2-1-3-6-15)23-16-7-8-17-18(13-16)25-12-4-11-24-17/h1-3,5-8,13H,4,9-12,14H2,(H3,21,22,23). The van der Waals surface area contributed by atoms with E-state index in [9.17, 15) is 0 Å². The van der Waals surface area contributed by atoms with Gasteiger partial charge in [-0.2, -0.15) is 0 Å². The summed E-state index contributed by atoms with van der Waals surface area (Å²) in [6.07, 6.45) is 3.22. The summed E-state index contributed by atoms with van der Waals surface area (Å²) in [7, 11) is 0. The molecule has 4 rings (SSSR count). The van der Waals surface area contributed by atoms with E-state index >= 15 is 0 Å². The lowest BCUT2D eigenvalue weighted by Crippen LogP contribution is -2.25. The monoisotopic (exact) mass is 337 g/mol. The van der Waals surface area contributed by atoms with E-state index in [2.05, 4.69) is 34.6 Å². The highest BCUT2D eigenvalue weighted by atomic mass is 16.5. The maximum atomic E-state index is 6.09. The van der Waals surface area contributed by atoms with Crippen LogP contribution < -0.4 is 20.5 Å². The Morgan fingerprint density at radius 1 is 1.04 bits per heavy atom. The molecule has 0 saturated heterocycles. The predicted molar refractivity (Wildman–Crippen MR) is 99.5 cm³/mol. The number of rotatable bonds is 4. The predicted octanol–water partition coefficient (Wildman–Crippen LogP) is 3.31. The zero-order valence-electron chi connectivity index (χ0n) is 14.2. The lowest BCUT2D eigenvalue weighted by atomic mass is 9.96. The molecule has 3 N–H and O–H groups in total. The normalized spacial score (nSPS) is 18.3. The number of guanidine groups is 1. The number of hydrogen-bond acceptors (Lipinski definition) is 3. The van der Waals surface area contributed by atoms with Crippen LogP contribution in [-0.4, -0.2) is 25.7 Å². The van der Waals surface area contributed by atoms with Crippen LogP contribution in [0.1, 0.15) is 24.8 Å². The van der Waals surface area contributed by atoms with Crippen molar-refractivity contribution in [2.45, 2.75) is 24.7 Å². The molecular weight excluding hydrogens is 314 g/mol. The second-order valence-electron chi connectivity index (χ2n) is 6.68. The Morgan fingerprint density at radius 3 is 2.56 bits per heavy atom. The first kappa shape index (κ1) is 15.8. The zero-order chi connectivity index (χ0) is 17.1. The van der Waals surface area contributed by atoms with Gasteiger partial charge in [-0.05, 0) is 30.5 Å². The summed E-state index contributed by atoms with van der Waals surface area (Å²) in [5, 5.41) is 3.16. The van der Waals surface area contributed by atoms with Crippen LogP contribution in [0, 0.1) is 0 Å². The largest absolute Gasteiger partial charge is 0.490 e. The summed E-state index contributed by atoms with van der Waals surface area (Å²) in [6, 6.07) is 16.3. The minimum atomic E-state index is 0.165. The highest BCUT2D eigenvalue weighted by molar-refractivity contribution is 5.92. The Labute approximate surface area is 147 Å². The van der Waals surface area contributed by atoms with Gasteiger partial charge in [-0.25, -0.2) is 0 Å². The summed E-state index contributed by atoms with van der Waals surface area (Å²) in [6.45, 7) is 2.06. The Hall–Kier alpha value is -2.69. The van der Waals surface area contributed by atoms with Crippen LogP contribution in [0.4, 0.5) is 5.69 Å². The number of nitrogens with two attached hydrogens (primary N) is 1. The van der Waals surface area contributed by atoms with E-state index in [1.165, 1.54) is 5.56 Å². The first-order chi connectivity index (χ1) is 12.3. The SMILES string of the molecule is NC(=NCC1(c2ccccc2)CC1)Nc1ccc2c(c1)OCCCO2. The molecule has 0 spiro atoms. The van der Waals surface area contributed by atoms with Crippen LogP contribution in [-0.2, 0) is 5.41 Å². The molecule has 0 unspecified atom stereocenters. The molecule has 0 radical (unpaired) electrons. The number of fused-ring (bicyclic) bond motifs is 1. The molecule has 5 heteroatoms. The summed E-state index contributed by atoms with van der Waals surface area (Å²) in [5.74, 6) is 1.95. The Balaban J connectivity index is 1.43. The second-order valence-corrected chi connectivity index (χ2v) is 6.68. The number of nitrogens with one attached hydrogen (secondary N) is 1. The third kappa shape index (κ3) is 3.55. The molecule has 1 aliphatic heterocycles. The molecule has 2 aliphatic rings. The summed E-state index contributed by atoms with van der Waals surface area (Å²) < 4.78 is 11.4. The summed E-state index contributed by atoms with van der Waals surface area (Å²) >= 11 is 0. The van der Waals surface area contributed by atoms with Crippen molar-refractivity contribution < 1.29 is 9.47 Å². The molecule has 1 saturated carbocycles. The van der Waals surface area contributed by atoms with Crippen LogP contribution in [0.3, 0.4) is 0 Å². The number of hydrogen-bond donors (Lipinski definition) is 2. The molecule has 0 amide bonds. The van der Waals surface area contributed by atoms with Crippen molar-refractivity contribution in [3.8, 4) is 11.5 Å². The van der Waals surface area contributed by atoms with Gasteiger partial charge >= 0.3 is 0 Å². The van der Waals surface area contributed by atoms with Crippen LogP contribution in [0.15, 0.2) is 53.5 Å². The summed E-state index contributed by atoms with van der Waals surface area (Å²) in [5.41, 5.74) is 8.46. The molecule has 0 atom stereocenters. The van der Waals surface area contributed by atoms with Gasteiger partial charge in [-0.1, -0.05) is 30.3 Å². The molecule has 2 aromatic rings. The maximum Gasteiger partial charge on any atom is 0.193 e. The van der Waals surface area contributed by atoms with Gasteiger partial charge < -0.3 is 20.5 Å². The Bertz CT molecular complexity index is 770. The highest BCUT2D eigenvalue weighted by Gasteiger charge is 2.43. The molecule has 1 fully saturated rings. The fourth-order valence-electron chi connectivity index (χ4n) is 3.15. The van der Waals surface area contributed by atoms with Crippen molar-refractivity contribution in [1.29, 1.82) is 0 Å². The Kier molecular flexibility index (Phi) is 4.22. The molecule has 5 nitrogen and oxygen atoms in total. The van der Waals surface area contributed by atoms with Crippen LogP contribution in [0.2, 0.25) is 0 Å². The molecule has 2 aromatic carbocycles. The second kappa shape index (κ2) is 6.67. The number of anilines is 1. The van der Waals surface area contributed by atoms with E-state index in [1.807, 2.05) is 24.3 Å². The van der Waals surface area contributed by atoms with Crippen LogP contribution in [0.5, 0.6) is 11.5 Å². The third-order valence-corrected chi connectivity index (χ3v) is 4.81. The van der Waals surface area contributed by atoms with Gasteiger partial charge in [0.15, 0.2) is 17.5 Å². The van der Waals surface area contributed by atoms with Gasteiger partial charge in [0, 0.05) is 23.6 Å². The van der Waals surface area contributed by atoms with Crippen molar-refractivity contribution in [2.24, 2.45) is 10.7 Å². The molecule has 1 aliphatic carbocycles. The number of aliphatic imine (C=N–C) groups is 1. The minimum absolute atomic E-state index is 0.165. The number of nitrogens with zero attached hydrogens (tertiary/aromatic N) is 1. The van der Waals surface area contributed by atoms with Gasteiger partial charge in [0.05, 0.1) is 19.8 Å². The van der Waals surface area contributed by atoms with Crippen LogP contribution >= 0.6 is 0 Å². The average Bonchev–Trinajstić information content (AvgIpc) is 3.45. The molecule has 1 heterocycles. The fraction of sp³-hybridized carbons (Fsp3) is 0.350. The van der Waals surface area contributed by atoms with E-state index in [4.69, 9.17) is 15.2 Å². The van der Waals surface area contributed by atoms with Gasteiger partial charge in [0.2, 0.25) is 0 Å². The molecule has 130 valence electrons. The van der Waals surface area contributed by atoms with Crippen molar-refractivity contribution in [3.05, 3.63) is 54.1 Å². The first-order valence-corrected chi connectivity index (χ1v) is 8.77. The van der Waals surface area contributed by atoms with Crippen molar-refractivity contribution in [3.63, 3.8) is 0 Å². The summed E-state index contributed by atoms with van der Waals surface area (Å²) in [4.78, 5) is 4.57.